The van der Waals surface area contributed by atoms with Gasteiger partial charge in [0.25, 0.3) is 11.8 Å². The molecule has 0 radical (unpaired) electrons. The minimum absolute atomic E-state index is 0.128. The second-order valence-corrected chi connectivity index (χ2v) is 9.44. The van der Waals surface area contributed by atoms with Gasteiger partial charge >= 0.3 is 0 Å². The number of amides is 3. The minimum atomic E-state index is -0.737. The van der Waals surface area contributed by atoms with Crippen LogP contribution in [0.1, 0.15) is 52.9 Å². The van der Waals surface area contributed by atoms with Crippen LogP contribution in [0.15, 0.2) is 36.4 Å². The van der Waals surface area contributed by atoms with E-state index in [9.17, 15) is 14.4 Å². The first-order valence-corrected chi connectivity index (χ1v) is 11.2. The molecule has 1 aromatic carbocycles. The highest BCUT2D eigenvalue weighted by molar-refractivity contribution is 7.14. The molecule has 0 bridgehead atoms. The number of carbonyl (C=O) groups is 3. The molecule has 1 aliphatic rings. The molecular weight excluding hydrogens is 398 g/mol. The first-order valence-electron chi connectivity index (χ1n) is 10.4. The monoisotopic (exact) mass is 427 g/mol. The van der Waals surface area contributed by atoms with Crippen molar-refractivity contribution in [3.63, 3.8) is 0 Å². The Morgan fingerprint density at radius 1 is 1.13 bits per heavy atom. The number of fused-ring (bicyclic) bond motifs is 1. The van der Waals surface area contributed by atoms with E-state index < -0.39 is 11.9 Å². The third kappa shape index (κ3) is 5.69. The van der Waals surface area contributed by atoms with Crippen LogP contribution in [0.2, 0.25) is 0 Å². The van der Waals surface area contributed by atoms with Crippen LogP contribution >= 0.6 is 11.3 Å². The standard InChI is InChI=1S/C23H29N3O3S/c1-14(2)21(24-20(27)12-16-7-5-4-6-8-16)23(29)26-25-22(28)19-13-17-11-15(3)9-10-18(17)30-19/h4-8,13-15,21H,9-12H2,1-3H3,(H,24,27)(H,25,28)(H,26,29)/t15-,21-/m0/s1. The summed E-state index contributed by atoms with van der Waals surface area (Å²) in [6.07, 6.45) is 3.34. The Labute approximate surface area is 181 Å². The van der Waals surface area contributed by atoms with Crippen LogP contribution in [0.5, 0.6) is 0 Å². The van der Waals surface area contributed by atoms with Crippen molar-refractivity contribution in [2.24, 2.45) is 11.8 Å². The van der Waals surface area contributed by atoms with Gasteiger partial charge in [0.05, 0.1) is 11.3 Å². The molecule has 0 saturated carbocycles. The van der Waals surface area contributed by atoms with Crippen molar-refractivity contribution in [1.29, 1.82) is 0 Å². The molecule has 3 N–H and O–H groups in total. The lowest BCUT2D eigenvalue weighted by Crippen LogP contribution is -2.54. The fraction of sp³-hybridized carbons (Fsp3) is 0.435. The van der Waals surface area contributed by atoms with Gasteiger partial charge in [0.1, 0.15) is 6.04 Å². The molecule has 3 rings (SSSR count). The fourth-order valence-electron chi connectivity index (χ4n) is 3.62. The van der Waals surface area contributed by atoms with Crippen molar-refractivity contribution >= 4 is 29.1 Å². The van der Waals surface area contributed by atoms with Crippen LogP contribution in [-0.2, 0) is 28.9 Å². The molecule has 0 fully saturated rings. The summed E-state index contributed by atoms with van der Waals surface area (Å²) in [5.74, 6) is -0.490. The molecule has 2 aromatic rings. The Morgan fingerprint density at radius 2 is 1.87 bits per heavy atom. The SMILES string of the molecule is CC(C)[C@H](NC(=O)Cc1ccccc1)C(=O)NNC(=O)c1cc2c(s1)CC[C@H](C)C2. The number of hydrazine groups is 1. The molecule has 6 nitrogen and oxygen atoms in total. The van der Waals surface area contributed by atoms with Crippen molar-refractivity contribution in [3.05, 3.63) is 57.3 Å². The summed E-state index contributed by atoms with van der Waals surface area (Å²) in [5.41, 5.74) is 7.09. The number of hydrogen-bond donors (Lipinski definition) is 3. The Morgan fingerprint density at radius 3 is 2.57 bits per heavy atom. The zero-order valence-corrected chi connectivity index (χ0v) is 18.5. The molecule has 3 amide bonds. The van der Waals surface area contributed by atoms with Crippen molar-refractivity contribution in [3.8, 4) is 0 Å². The van der Waals surface area contributed by atoms with Crippen molar-refractivity contribution in [2.75, 3.05) is 0 Å². The van der Waals surface area contributed by atoms with Crippen LogP contribution in [0, 0.1) is 11.8 Å². The second-order valence-electron chi connectivity index (χ2n) is 8.30. The van der Waals surface area contributed by atoms with E-state index in [0.29, 0.717) is 10.8 Å². The zero-order valence-electron chi connectivity index (χ0n) is 17.7. The summed E-state index contributed by atoms with van der Waals surface area (Å²) in [6.45, 7) is 5.92. The maximum atomic E-state index is 12.6. The maximum Gasteiger partial charge on any atom is 0.279 e. The lowest BCUT2D eigenvalue weighted by Gasteiger charge is -2.21. The van der Waals surface area contributed by atoms with Gasteiger partial charge in [-0.1, -0.05) is 51.1 Å². The molecule has 1 heterocycles. The molecule has 0 aliphatic heterocycles. The highest BCUT2D eigenvalue weighted by atomic mass is 32.1. The predicted molar refractivity (Wildman–Crippen MR) is 118 cm³/mol. The molecule has 7 heteroatoms. The van der Waals surface area contributed by atoms with Crippen molar-refractivity contribution < 1.29 is 14.4 Å². The number of thiophene rings is 1. The average molecular weight is 428 g/mol. The van der Waals surface area contributed by atoms with Crippen LogP contribution in [-0.4, -0.2) is 23.8 Å². The summed E-state index contributed by atoms with van der Waals surface area (Å²) in [5, 5.41) is 2.77. The highest BCUT2D eigenvalue weighted by Gasteiger charge is 2.25. The van der Waals surface area contributed by atoms with Gasteiger partial charge in [-0.3, -0.25) is 25.2 Å². The normalized spacial score (nSPS) is 16.5. The summed E-state index contributed by atoms with van der Waals surface area (Å²) in [7, 11) is 0. The molecule has 1 aliphatic carbocycles. The lowest BCUT2D eigenvalue weighted by molar-refractivity contribution is -0.130. The quantitative estimate of drug-likeness (QED) is 0.620. The first-order chi connectivity index (χ1) is 14.3. The zero-order chi connectivity index (χ0) is 21.7. The smallest absolute Gasteiger partial charge is 0.279 e. The Balaban J connectivity index is 1.54. The third-order valence-electron chi connectivity index (χ3n) is 5.33. The molecule has 0 saturated heterocycles. The van der Waals surface area contributed by atoms with Crippen LogP contribution in [0.4, 0.5) is 0 Å². The molecule has 30 heavy (non-hydrogen) atoms. The van der Waals surface area contributed by atoms with E-state index >= 15 is 0 Å². The van der Waals surface area contributed by atoms with Gasteiger partial charge in [-0.25, -0.2) is 0 Å². The Kier molecular flexibility index (Phi) is 7.26. The summed E-state index contributed by atoms with van der Waals surface area (Å²) >= 11 is 1.49. The summed E-state index contributed by atoms with van der Waals surface area (Å²) in [6, 6.07) is 10.6. The van der Waals surface area contributed by atoms with E-state index in [1.807, 2.05) is 50.2 Å². The van der Waals surface area contributed by atoms with Gasteiger partial charge < -0.3 is 5.32 Å². The molecular formula is C23H29N3O3S. The van der Waals surface area contributed by atoms with Gasteiger partial charge in [-0.15, -0.1) is 11.3 Å². The van der Waals surface area contributed by atoms with E-state index in [2.05, 4.69) is 23.1 Å². The summed E-state index contributed by atoms with van der Waals surface area (Å²) < 4.78 is 0. The third-order valence-corrected chi connectivity index (χ3v) is 6.56. The largest absolute Gasteiger partial charge is 0.344 e. The Bertz CT molecular complexity index is 908. The number of hydrogen-bond acceptors (Lipinski definition) is 4. The van der Waals surface area contributed by atoms with Crippen molar-refractivity contribution in [2.45, 2.75) is 52.5 Å². The molecule has 160 valence electrons. The number of aryl methyl sites for hydroxylation is 1. The van der Waals surface area contributed by atoms with E-state index in [4.69, 9.17) is 0 Å². The van der Waals surface area contributed by atoms with Gasteiger partial charge in [-0.05, 0) is 48.3 Å². The van der Waals surface area contributed by atoms with E-state index in [1.165, 1.54) is 21.8 Å². The highest BCUT2D eigenvalue weighted by Crippen LogP contribution is 2.32. The topological polar surface area (TPSA) is 87.3 Å². The second kappa shape index (κ2) is 9.89. The number of rotatable bonds is 6. The van der Waals surface area contributed by atoms with Crippen molar-refractivity contribution in [1.82, 2.24) is 16.2 Å². The molecule has 0 unspecified atom stereocenters. The Hall–Kier alpha value is -2.67. The van der Waals surface area contributed by atoms with Crippen LogP contribution in [0.25, 0.3) is 0 Å². The fourth-order valence-corrected chi connectivity index (χ4v) is 4.72. The molecule has 2 atom stereocenters. The van der Waals surface area contributed by atoms with Gasteiger partial charge in [-0.2, -0.15) is 0 Å². The number of nitrogens with one attached hydrogen (secondary N) is 3. The summed E-state index contributed by atoms with van der Waals surface area (Å²) in [4.78, 5) is 39.3. The first kappa shape index (κ1) is 22.0. The number of benzene rings is 1. The molecule has 1 aromatic heterocycles. The van der Waals surface area contributed by atoms with E-state index in [1.54, 1.807) is 0 Å². The van der Waals surface area contributed by atoms with Gasteiger partial charge in [0, 0.05) is 4.88 Å². The van der Waals surface area contributed by atoms with E-state index in [0.717, 1.165) is 24.8 Å². The van der Waals surface area contributed by atoms with Crippen LogP contribution in [0.3, 0.4) is 0 Å². The predicted octanol–water partition coefficient (Wildman–Crippen LogP) is 3.02. The number of carbonyl (C=O) groups excluding carboxylic acids is 3. The minimum Gasteiger partial charge on any atom is -0.344 e. The average Bonchev–Trinajstić information content (AvgIpc) is 3.13. The van der Waals surface area contributed by atoms with Gasteiger partial charge in [0.2, 0.25) is 5.91 Å². The van der Waals surface area contributed by atoms with Crippen LogP contribution < -0.4 is 16.2 Å². The maximum absolute atomic E-state index is 12.6. The van der Waals surface area contributed by atoms with Gasteiger partial charge in [0.15, 0.2) is 0 Å². The molecule has 0 spiro atoms. The lowest BCUT2D eigenvalue weighted by atomic mass is 9.90. The van der Waals surface area contributed by atoms with E-state index in [-0.39, 0.29) is 24.2 Å².